The van der Waals surface area contributed by atoms with Crippen LogP contribution in [0.25, 0.3) is 0 Å². The van der Waals surface area contributed by atoms with Gasteiger partial charge in [0.25, 0.3) is 0 Å². The van der Waals surface area contributed by atoms with Crippen molar-refractivity contribution in [3.63, 3.8) is 0 Å². The second-order valence-corrected chi connectivity index (χ2v) is 6.51. The Morgan fingerprint density at radius 1 is 1.07 bits per heavy atom. The molecule has 27 heavy (non-hydrogen) atoms. The van der Waals surface area contributed by atoms with Crippen molar-refractivity contribution in [3.05, 3.63) is 96.6 Å². The topological polar surface area (TPSA) is 36.8 Å². The summed E-state index contributed by atoms with van der Waals surface area (Å²) in [6.07, 6.45) is 6.88. The molecule has 2 atom stereocenters. The second-order valence-electron chi connectivity index (χ2n) is 6.51. The molecule has 0 spiro atoms. The van der Waals surface area contributed by atoms with E-state index in [1.54, 1.807) is 6.08 Å². The van der Waals surface area contributed by atoms with Crippen LogP contribution < -0.4 is 5.32 Å². The van der Waals surface area contributed by atoms with Gasteiger partial charge in [0.1, 0.15) is 13.7 Å². The van der Waals surface area contributed by atoms with Crippen LogP contribution in [0.3, 0.4) is 0 Å². The fourth-order valence-corrected chi connectivity index (χ4v) is 2.63. The molecule has 0 fully saturated rings. The maximum atomic E-state index is 4.97. The fraction of sp³-hybridized carbons (Fsp3) is 0.217. The van der Waals surface area contributed by atoms with Gasteiger partial charge in [-0.05, 0) is 19.2 Å². The number of aliphatic imine (C=N–C) groups is 2. The normalized spacial score (nSPS) is 14.7. The predicted molar refractivity (Wildman–Crippen MR) is 121 cm³/mol. The van der Waals surface area contributed by atoms with E-state index in [4.69, 9.17) is 9.98 Å². The minimum atomic E-state index is 0.146. The van der Waals surface area contributed by atoms with Crippen LogP contribution in [-0.4, -0.2) is 32.6 Å². The van der Waals surface area contributed by atoms with Crippen LogP contribution in [0.5, 0.6) is 0 Å². The molecule has 0 bridgehead atoms. The third-order valence-electron chi connectivity index (χ3n) is 4.46. The van der Waals surface area contributed by atoms with E-state index < -0.39 is 0 Å². The zero-order valence-electron chi connectivity index (χ0n) is 16.5. The minimum absolute atomic E-state index is 0.146. The average Bonchev–Trinajstić information content (AvgIpc) is 2.72. The summed E-state index contributed by atoms with van der Waals surface area (Å²) < 4.78 is 0. The number of nitrogens with one attached hydrogen (secondary N) is 1. The van der Waals surface area contributed by atoms with Crippen LogP contribution in [0.4, 0.5) is 0 Å². The van der Waals surface area contributed by atoms with Gasteiger partial charge in [-0.3, -0.25) is 4.99 Å². The quantitative estimate of drug-likeness (QED) is 0.345. The van der Waals surface area contributed by atoms with Gasteiger partial charge in [0.2, 0.25) is 0 Å². The van der Waals surface area contributed by atoms with Crippen molar-refractivity contribution in [2.24, 2.45) is 9.98 Å². The molecule has 3 nitrogen and oxygen atoms in total. The number of benzene rings is 2. The highest BCUT2D eigenvalue weighted by Crippen LogP contribution is 2.18. The first-order chi connectivity index (χ1) is 13.2. The first kappa shape index (κ1) is 20.4. The average molecular weight is 357 g/mol. The lowest BCUT2D eigenvalue weighted by molar-refractivity contribution is 0.676. The van der Waals surface area contributed by atoms with Crippen molar-refractivity contribution in [3.8, 4) is 0 Å². The third kappa shape index (κ3) is 6.41. The number of hydrogen-bond acceptors (Lipinski definition) is 1. The Balaban J connectivity index is 2.38. The van der Waals surface area contributed by atoms with E-state index in [-0.39, 0.29) is 6.04 Å². The molecular formula is C23H28BN3. The number of allylic oxidation sites excluding steroid dienone is 3. The monoisotopic (exact) mass is 357 g/mol. The Labute approximate surface area is 164 Å². The molecule has 1 unspecified atom stereocenters. The lowest BCUT2D eigenvalue weighted by atomic mass is 9.79. The Hall–Kier alpha value is -2.88. The highest BCUT2D eigenvalue weighted by molar-refractivity contribution is 6.13. The molecule has 4 heteroatoms. The molecule has 0 amide bonds. The third-order valence-corrected chi connectivity index (χ3v) is 4.46. The van der Waals surface area contributed by atoms with Crippen molar-refractivity contribution in [2.75, 3.05) is 7.05 Å². The number of nitrogens with zero attached hydrogens (tertiary/aromatic N) is 2. The van der Waals surface area contributed by atoms with E-state index in [0.717, 1.165) is 29.2 Å². The molecule has 0 aromatic heterocycles. The molecule has 0 aliphatic rings. The molecule has 2 rings (SSSR count). The summed E-state index contributed by atoms with van der Waals surface area (Å²) in [5.74, 6) is 1.96. The molecule has 0 radical (unpaired) electrons. The van der Waals surface area contributed by atoms with Crippen LogP contribution in [0, 0.1) is 0 Å². The molecular weight excluding hydrogens is 329 g/mol. The zero-order chi connectivity index (χ0) is 19.5. The number of rotatable bonds is 7. The Morgan fingerprint density at radius 3 is 2.22 bits per heavy atom. The SMILES string of the molecule is B[C@@H](C/C=C\C=C)C(C)/N=C(\N=C(/NC)c1ccccc1)c1ccccc1. The van der Waals surface area contributed by atoms with Crippen molar-refractivity contribution in [2.45, 2.75) is 25.2 Å². The van der Waals surface area contributed by atoms with Gasteiger partial charge in [-0.1, -0.05) is 85.5 Å². The first-order valence-corrected chi connectivity index (χ1v) is 9.38. The van der Waals surface area contributed by atoms with Crippen LogP contribution in [0.2, 0.25) is 5.82 Å². The molecule has 2 aromatic carbocycles. The van der Waals surface area contributed by atoms with Crippen molar-refractivity contribution >= 4 is 19.5 Å². The zero-order valence-corrected chi connectivity index (χ0v) is 16.5. The van der Waals surface area contributed by atoms with Gasteiger partial charge < -0.3 is 5.32 Å². The summed E-state index contributed by atoms with van der Waals surface area (Å²) in [6.45, 7) is 5.87. The molecule has 2 aromatic rings. The molecule has 0 saturated carbocycles. The number of amidine groups is 2. The van der Waals surface area contributed by atoms with Crippen LogP contribution >= 0.6 is 0 Å². The van der Waals surface area contributed by atoms with Crippen molar-refractivity contribution in [1.29, 1.82) is 0 Å². The maximum absolute atomic E-state index is 4.97. The first-order valence-electron chi connectivity index (χ1n) is 9.38. The van der Waals surface area contributed by atoms with Gasteiger partial charge in [-0.2, -0.15) is 0 Å². The molecule has 0 heterocycles. The summed E-state index contributed by atoms with van der Waals surface area (Å²) in [5, 5.41) is 3.21. The van der Waals surface area contributed by atoms with Crippen LogP contribution in [0.15, 0.2) is 95.5 Å². The van der Waals surface area contributed by atoms with E-state index in [0.29, 0.717) is 5.82 Å². The minimum Gasteiger partial charge on any atom is -0.373 e. The molecule has 0 saturated heterocycles. The lowest BCUT2D eigenvalue weighted by Gasteiger charge is -2.16. The van der Waals surface area contributed by atoms with Crippen LogP contribution in [0.1, 0.15) is 24.5 Å². The van der Waals surface area contributed by atoms with Gasteiger partial charge in [0.15, 0.2) is 5.84 Å². The lowest BCUT2D eigenvalue weighted by Crippen LogP contribution is -2.22. The van der Waals surface area contributed by atoms with E-state index in [9.17, 15) is 0 Å². The predicted octanol–water partition coefficient (Wildman–Crippen LogP) is 4.04. The second kappa shape index (κ2) is 11.0. The fourth-order valence-electron chi connectivity index (χ4n) is 2.63. The highest BCUT2D eigenvalue weighted by atomic mass is 15.0. The number of hydrogen-bond donors (Lipinski definition) is 1. The van der Waals surface area contributed by atoms with Gasteiger partial charge in [0.05, 0.1) is 0 Å². The van der Waals surface area contributed by atoms with Crippen LogP contribution in [-0.2, 0) is 0 Å². The Kier molecular flexibility index (Phi) is 8.30. The Bertz CT molecular complexity index is 795. The molecule has 0 aliphatic heterocycles. The molecule has 0 aliphatic carbocycles. The van der Waals surface area contributed by atoms with Crippen molar-refractivity contribution in [1.82, 2.24) is 5.32 Å². The summed E-state index contributed by atoms with van der Waals surface area (Å²) in [5.41, 5.74) is 2.06. The summed E-state index contributed by atoms with van der Waals surface area (Å²) in [6, 6.07) is 20.4. The maximum Gasteiger partial charge on any atom is 0.157 e. The standard InChI is InChI=1S/C23H28BN3/c1-4-5-8-17-21(24)18(2)26-23(20-15-11-7-12-16-20)27-22(25-3)19-13-9-6-10-14-19/h4-16,18,21H,1,17,24H2,2-3H3,(H,25,26,27)/b8-5-/t18?,21-/m0/s1. The van der Waals surface area contributed by atoms with Gasteiger partial charge >= 0.3 is 0 Å². The highest BCUT2D eigenvalue weighted by Gasteiger charge is 2.13. The Morgan fingerprint density at radius 2 is 1.67 bits per heavy atom. The largest absolute Gasteiger partial charge is 0.373 e. The van der Waals surface area contributed by atoms with E-state index in [1.807, 2.05) is 61.7 Å². The van der Waals surface area contributed by atoms with E-state index in [1.165, 1.54) is 0 Å². The van der Waals surface area contributed by atoms with Gasteiger partial charge in [-0.15, -0.1) is 0 Å². The van der Waals surface area contributed by atoms with E-state index in [2.05, 4.69) is 44.9 Å². The van der Waals surface area contributed by atoms with Gasteiger partial charge in [0, 0.05) is 24.2 Å². The van der Waals surface area contributed by atoms with Crippen molar-refractivity contribution < 1.29 is 0 Å². The van der Waals surface area contributed by atoms with E-state index >= 15 is 0 Å². The molecule has 138 valence electrons. The summed E-state index contributed by atoms with van der Waals surface area (Å²) >= 11 is 0. The summed E-state index contributed by atoms with van der Waals surface area (Å²) in [4.78, 5) is 9.84. The molecule has 1 N–H and O–H groups in total. The summed E-state index contributed by atoms with van der Waals surface area (Å²) in [7, 11) is 4.10. The smallest absolute Gasteiger partial charge is 0.157 e. The van der Waals surface area contributed by atoms with Gasteiger partial charge in [-0.25, -0.2) is 4.99 Å².